The average Bonchev–Trinajstić information content (AvgIpc) is 2.74. The molecule has 3 heteroatoms. The molecule has 1 saturated heterocycles. The lowest BCUT2D eigenvalue weighted by Gasteiger charge is -2.56. The first-order valence-corrected chi connectivity index (χ1v) is 12.6. The van der Waals surface area contributed by atoms with Gasteiger partial charge in [-0.3, -0.25) is 4.79 Å². The lowest BCUT2D eigenvalue weighted by molar-refractivity contribution is -0.123. The van der Waals surface area contributed by atoms with E-state index >= 15 is 0 Å². The van der Waals surface area contributed by atoms with Gasteiger partial charge in [0.25, 0.3) is 0 Å². The molecule has 166 valence electrons. The number of rotatable bonds is 7. The van der Waals surface area contributed by atoms with E-state index in [2.05, 4.69) is 54.8 Å². The molecule has 5 atom stereocenters. The maximum absolute atomic E-state index is 12.8. The molecule has 2 N–H and O–H groups in total. The zero-order chi connectivity index (χ0) is 21.0. The second-order valence-electron chi connectivity index (χ2n) is 10.9. The standard InChI is InChI=1S/C27H42N2O/c1-3-13-26-14-7-15-27(20-26,23-8-5-4-6-9-23)18-22(17-26)10-11-25(30)29-24-12-16-28-19-21(24)2/h4-6,8-9,21-22,24,28H,3,7,10-20H2,1-2H3,(H,29,30)/t21?,22?,24?,26-,27-/m1/s1. The summed E-state index contributed by atoms with van der Waals surface area (Å²) in [6.45, 7) is 6.64. The second kappa shape index (κ2) is 9.42. The van der Waals surface area contributed by atoms with Crippen molar-refractivity contribution in [1.82, 2.24) is 10.6 Å². The Labute approximate surface area is 183 Å². The molecule has 0 spiro atoms. The van der Waals surface area contributed by atoms with Gasteiger partial charge in [-0.15, -0.1) is 0 Å². The van der Waals surface area contributed by atoms with E-state index in [9.17, 15) is 4.79 Å². The Hall–Kier alpha value is -1.35. The average molecular weight is 411 g/mol. The van der Waals surface area contributed by atoms with E-state index in [1.54, 1.807) is 5.56 Å². The van der Waals surface area contributed by atoms with Gasteiger partial charge in [0.15, 0.2) is 0 Å². The number of piperidine rings is 1. The van der Waals surface area contributed by atoms with Gasteiger partial charge < -0.3 is 10.6 Å². The fourth-order valence-corrected chi connectivity index (χ4v) is 7.33. The first-order chi connectivity index (χ1) is 14.5. The van der Waals surface area contributed by atoms with Crippen molar-refractivity contribution < 1.29 is 4.79 Å². The van der Waals surface area contributed by atoms with E-state index in [0.717, 1.165) is 25.9 Å². The molecule has 3 unspecified atom stereocenters. The van der Waals surface area contributed by atoms with Gasteiger partial charge in [-0.25, -0.2) is 0 Å². The molecule has 1 aromatic rings. The summed E-state index contributed by atoms with van der Waals surface area (Å²) in [5.74, 6) is 1.50. The van der Waals surface area contributed by atoms with Crippen LogP contribution in [0.25, 0.3) is 0 Å². The summed E-state index contributed by atoms with van der Waals surface area (Å²) in [5.41, 5.74) is 2.41. The van der Waals surface area contributed by atoms with Gasteiger partial charge in [-0.05, 0) is 92.7 Å². The molecule has 1 aliphatic heterocycles. The molecule has 3 fully saturated rings. The van der Waals surface area contributed by atoms with Crippen LogP contribution in [0.15, 0.2) is 30.3 Å². The van der Waals surface area contributed by atoms with Crippen LogP contribution in [0.1, 0.15) is 90.0 Å². The summed E-state index contributed by atoms with van der Waals surface area (Å²) in [6, 6.07) is 11.7. The molecule has 3 aliphatic rings. The zero-order valence-electron chi connectivity index (χ0n) is 19.2. The Balaban J connectivity index is 1.43. The first-order valence-electron chi connectivity index (χ1n) is 12.6. The van der Waals surface area contributed by atoms with E-state index in [1.807, 2.05) is 0 Å². The largest absolute Gasteiger partial charge is 0.353 e. The van der Waals surface area contributed by atoms with Gasteiger partial charge in [0, 0.05) is 12.5 Å². The SMILES string of the molecule is CCC[C@@]12CCC[C@@](c3ccccc3)(CC(CCC(=O)NC3CCNCC3C)C1)C2. The molecule has 2 aliphatic carbocycles. The maximum Gasteiger partial charge on any atom is 0.220 e. The summed E-state index contributed by atoms with van der Waals surface area (Å²) in [7, 11) is 0. The number of carbonyl (C=O) groups is 1. The molecular formula is C27H42N2O. The van der Waals surface area contributed by atoms with Crippen LogP contribution in [0.4, 0.5) is 0 Å². The highest BCUT2D eigenvalue weighted by Crippen LogP contribution is 2.60. The molecule has 0 aromatic heterocycles. The van der Waals surface area contributed by atoms with Crippen molar-refractivity contribution in [2.45, 2.75) is 95.9 Å². The summed E-state index contributed by atoms with van der Waals surface area (Å²) in [6.07, 6.45) is 13.5. The smallest absolute Gasteiger partial charge is 0.220 e. The Morgan fingerprint density at radius 3 is 2.80 bits per heavy atom. The fraction of sp³-hybridized carbons (Fsp3) is 0.741. The van der Waals surface area contributed by atoms with Crippen LogP contribution in [0.3, 0.4) is 0 Å². The Kier molecular flexibility index (Phi) is 6.87. The van der Waals surface area contributed by atoms with E-state index in [-0.39, 0.29) is 5.91 Å². The summed E-state index contributed by atoms with van der Waals surface area (Å²) in [4.78, 5) is 12.8. The summed E-state index contributed by atoms with van der Waals surface area (Å²) >= 11 is 0. The van der Waals surface area contributed by atoms with Gasteiger partial charge in [-0.2, -0.15) is 0 Å². The highest BCUT2D eigenvalue weighted by atomic mass is 16.1. The van der Waals surface area contributed by atoms with Crippen molar-refractivity contribution in [3.8, 4) is 0 Å². The van der Waals surface area contributed by atoms with Gasteiger partial charge >= 0.3 is 0 Å². The highest BCUT2D eigenvalue weighted by Gasteiger charge is 2.50. The van der Waals surface area contributed by atoms with Gasteiger partial charge in [-0.1, -0.05) is 57.0 Å². The highest BCUT2D eigenvalue weighted by molar-refractivity contribution is 5.76. The molecule has 1 amide bonds. The lowest BCUT2D eigenvalue weighted by atomic mass is 9.49. The maximum atomic E-state index is 12.8. The summed E-state index contributed by atoms with van der Waals surface area (Å²) in [5, 5.41) is 6.78. The number of fused-ring (bicyclic) bond motifs is 2. The van der Waals surface area contributed by atoms with Crippen molar-refractivity contribution in [3.05, 3.63) is 35.9 Å². The van der Waals surface area contributed by atoms with Crippen LogP contribution >= 0.6 is 0 Å². The molecule has 0 radical (unpaired) electrons. The minimum absolute atomic E-state index is 0.280. The molecular weight excluding hydrogens is 368 g/mol. The second-order valence-corrected chi connectivity index (χ2v) is 10.9. The number of benzene rings is 1. The summed E-state index contributed by atoms with van der Waals surface area (Å²) < 4.78 is 0. The minimum atomic E-state index is 0.280. The van der Waals surface area contributed by atoms with Crippen molar-refractivity contribution >= 4 is 5.91 Å². The Morgan fingerprint density at radius 1 is 1.20 bits per heavy atom. The number of hydrogen-bond donors (Lipinski definition) is 2. The predicted octanol–water partition coefficient (Wildman–Crippen LogP) is 5.59. The van der Waals surface area contributed by atoms with Crippen molar-refractivity contribution in [1.29, 1.82) is 0 Å². The molecule has 1 aromatic carbocycles. The topological polar surface area (TPSA) is 41.1 Å². The van der Waals surface area contributed by atoms with Crippen LogP contribution in [-0.4, -0.2) is 25.0 Å². The lowest BCUT2D eigenvalue weighted by Crippen LogP contribution is -2.49. The Morgan fingerprint density at radius 2 is 2.03 bits per heavy atom. The quantitative estimate of drug-likeness (QED) is 0.615. The van der Waals surface area contributed by atoms with Crippen LogP contribution in [-0.2, 0) is 10.2 Å². The van der Waals surface area contributed by atoms with Gasteiger partial charge in [0.1, 0.15) is 0 Å². The Bertz CT molecular complexity index is 700. The number of carbonyl (C=O) groups excluding carboxylic acids is 1. The normalized spacial score (nSPS) is 36.3. The van der Waals surface area contributed by atoms with E-state index in [0.29, 0.717) is 35.1 Å². The van der Waals surface area contributed by atoms with Gasteiger partial charge in [0.05, 0.1) is 0 Å². The minimum Gasteiger partial charge on any atom is -0.353 e. The van der Waals surface area contributed by atoms with Crippen molar-refractivity contribution in [2.75, 3.05) is 13.1 Å². The molecule has 2 saturated carbocycles. The van der Waals surface area contributed by atoms with E-state index in [1.165, 1.54) is 51.4 Å². The zero-order valence-corrected chi connectivity index (χ0v) is 19.2. The van der Waals surface area contributed by atoms with E-state index in [4.69, 9.17) is 0 Å². The third kappa shape index (κ3) is 4.77. The van der Waals surface area contributed by atoms with Gasteiger partial charge in [0.2, 0.25) is 5.91 Å². The van der Waals surface area contributed by atoms with Crippen molar-refractivity contribution in [2.24, 2.45) is 17.3 Å². The third-order valence-electron chi connectivity index (χ3n) is 8.55. The number of hydrogen-bond acceptors (Lipinski definition) is 2. The first kappa shape index (κ1) is 21.9. The van der Waals surface area contributed by atoms with Crippen molar-refractivity contribution in [3.63, 3.8) is 0 Å². The monoisotopic (exact) mass is 410 g/mol. The molecule has 3 nitrogen and oxygen atoms in total. The van der Waals surface area contributed by atoms with Crippen LogP contribution in [0, 0.1) is 17.3 Å². The van der Waals surface area contributed by atoms with E-state index < -0.39 is 0 Å². The molecule has 4 rings (SSSR count). The third-order valence-corrected chi connectivity index (χ3v) is 8.55. The van der Waals surface area contributed by atoms with Crippen LogP contribution in [0.5, 0.6) is 0 Å². The molecule has 2 bridgehead atoms. The van der Waals surface area contributed by atoms with Crippen LogP contribution in [0.2, 0.25) is 0 Å². The molecule has 1 heterocycles. The predicted molar refractivity (Wildman–Crippen MR) is 124 cm³/mol. The number of amides is 1. The molecule has 30 heavy (non-hydrogen) atoms. The number of nitrogens with one attached hydrogen (secondary N) is 2. The fourth-order valence-electron chi connectivity index (χ4n) is 7.33. The van der Waals surface area contributed by atoms with Crippen LogP contribution < -0.4 is 10.6 Å².